The van der Waals surface area contributed by atoms with E-state index in [2.05, 4.69) is 15.5 Å². The molecule has 2 heterocycles. The monoisotopic (exact) mass is 379 g/mol. The number of nitrogens with one attached hydrogen (secondary N) is 1. The van der Waals surface area contributed by atoms with E-state index in [1.807, 2.05) is 0 Å². The molecule has 1 amide bonds. The third-order valence-corrected chi connectivity index (χ3v) is 4.42. The minimum Gasteiger partial charge on any atom is -0.508 e. The summed E-state index contributed by atoms with van der Waals surface area (Å²) < 4.78 is 10.9. The normalized spacial score (nSPS) is 12.0. The van der Waals surface area contributed by atoms with Crippen LogP contribution >= 0.6 is 22.9 Å². The Kier molecular flexibility index (Phi) is 4.91. The van der Waals surface area contributed by atoms with Crippen LogP contribution in [0.1, 0.15) is 25.6 Å². The van der Waals surface area contributed by atoms with Gasteiger partial charge in [-0.1, -0.05) is 28.1 Å². The van der Waals surface area contributed by atoms with E-state index in [0.717, 1.165) is 4.88 Å². The molecular formula is C16H14ClN3O4S. The molecule has 25 heavy (non-hydrogen) atoms. The van der Waals surface area contributed by atoms with Gasteiger partial charge in [-0.2, -0.15) is 0 Å². The lowest BCUT2D eigenvalue weighted by molar-refractivity contribution is -0.119. The number of rotatable bonds is 5. The number of phenols is 1. The number of carbonyl (C=O) groups is 1. The summed E-state index contributed by atoms with van der Waals surface area (Å²) in [5.41, 5.74) is 0.594. The van der Waals surface area contributed by atoms with Gasteiger partial charge in [0.25, 0.3) is 5.19 Å². The second-order valence-electron chi connectivity index (χ2n) is 5.24. The second-order valence-corrected chi connectivity index (χ2v) is 6.64. The van der Waals surface area contributed by atoms with E-state index in [1.165, 1.54) is 30.4 Å². The lowest BCUT2D eigenvalue weighted by atomic mass is 10.2. The molecule has 9 heteroatoms. The fraction of sp³-hybridized carbons (Fsp3) is 0.188. The van der Waals surface area contributed by atoms with Crippen molar-refractivity contribution in [2.45, 2.75) is 19.9 Å². The highest BCUT2D eigenvalue weighted by Gasteiger charge is 2.16. The van der Waals surface area contributed by atoms with Crippen molar-refractivity contribution in [3.05, 3.63) is 41.2 Å². The minimum absolute atomic E-state index is 0.0561. The fourth-order valence-corrected chi connectivity index (χ4v) is 3.02. The number of phenolic OH excluding ortho intramolecular Hbond substituents is 1. The molecule has 1 atom stereocenters. The molecule has 0 saturated heterocycles. The van der Waals surface area contributed by atoms with Crippen LogP contribution in [-0.4, -0.2) is 21.2 Å². The highest BCUT2D eigenvalue weighted by atomic mass is 35.5. The molecule has 2 aromatic heterocycles. The molecule has 3 aromatic rings. The standard InChI is InChI=1S/C16H14ClN3O4S/c1-8(19-9(2)21)14-6-12(20-24-14)15-7-18-16(25-15)23-13-4-3-10(22)5-11(13)17/h3-8,22H,1-2H3,(H,19,21). The first-order chi connectivity index (χ1) is 11.9. The summed E-state index contributed by atoms with van der Waals surface area (Å²) in [6.07, 6.45) is 1.61. The number of aromatic hydroxyl groups is 1. The molecular weight excluding hydrogens is 366 g/mol. The molecule has 1 aromatic carbocycles. The van der Waals surface area contributed by atoms with Crippen molar-refractivity contribution in [2.75, 3.05) is 0 Å². The van der Waals surface area contributed by atoms with Crippen LogP contribution in [0.4, 0.5) is 0 Å². The molecule has 130 valence electrons. The summed E-state index contributed by atoms with van der Waals surface area (Å²) in [4.78, 5) is 16.0. The maximum Gasteiger partial charge on any atom is 0.279 e. The number of thiazole rings is 1. The number of nitrogens with zero attached hydrogens (tertiary/aromatic N) is 2. The maximum atomic E-state index is 11.1. The highest BCUT2D eigenvalue weighted by molar-refractivity contribution is 7.16. The topological polar surface area (TPSA) is 97.5 Å². The number of carbonyl (C=O) groups excluding carboxylic acids is 1. The molecule has 0 spiro atoms. The number of halogens is 1. The van der Waals surface area contributed by atoms with Gasteiger partial charge in [0.15, 0.2) is 5.76 Å². The Labute approximate surface area is 152 Å². The van der Waals surface area contributed by atoms with Gasteiger partial charge in [-0.25, -0.2) is 4.98 Å². The van der Waals surface area contributed by atoms with Crippen molar-refractivity contribution >= 4 is 28.8 Å². The first-order valence-corrected chi connectivity index (χ1v) is 8.48. The third-order valence-electron chi connectivity index (χ3n) is 3.22. The quantitative estimate of drug-likeness (QED) is 0.691. The number of ether oxygens (including phenoxy) is 1. The lowest BCUT2D eigenvalue weighted by Crippen LogP contribution is -2.23. The molecule has 0 fully saturated rings. The van der Waals surface area contributed by atoms with Gasteiger partial charge < -0.3 is 19.7 Å². The SMILES string of the molecule is CC(=O)NC(C)c1cc(-c2cnc(Oc3ccc(O)cc3Cl)s2)no1. The number of hydrogen-bond acceptors (Lipinski definition) is 7. The molecule has 0 aliphatic rings. The predicted octanol–water partition coefficient (Wildman–Crippen LogP) is 4.15. The third kappa shape index (κ3) is 4.09. The van der Waals surface area contributed by atoms with Gasteiger partial charge in [0.05, 0.1) is 22.1 Å². The molecule has 7 nitrogen and oxygen atoms in total. The van der Waals surface area contributed by atoms with E-state index in [4.69, 9.17) is 20.9 Å². The first-order valence-electron chi connectivity index (χ1n) is 7.28. The molecule has 0 saturated carbocycles. The minimum atomic E-state index is -0.279. The largest absolute Gasteiger partial charge is 0.508 e. The van der Waals surface area contributed by atoms with E-state index in [-0.39, 0.29) is 22.7 Å². The average molecular weight is 380 g/mol. The zero-order valence-electron chi connectivity index (χ0n) is 13.3. The van der Waals surface area contributed by atoms with Crippen LogP contribution in [-0.2, 0) is 4.79 Å². The van der Waals surface area contributed by atoms with Crippen LogP contribution in [0, 0.1) is 0 Å². The van der Waals surface area contributed by atoms with E-state index >= 15 is 0 Å². The number of hydrogen-bond donors (Lipinski definition) is 2. The van der Waals surface area contributed by atoms with E-state index in [1.54, 1.807) is 25.3 Å². The Balaban J connectivity index is 1.75. The Morgan fingerprint density at radius 1 is 1.44 bits per heavy atom. The Morgan fingerprint density at radius 3 is 2.96 bits per heavy atom. The zero-order chi connectivity index (χ0) is 18.0. The van der Waals surface area contributed by atoms with Gasteiger partial charge in [-0.05, 0) is 19.1 Å². The van der Waals surface area contributed by atoms with Gasteiger partial charge in [0, 0.05) is 19.1 Å². The number of aromatic nitrogens is 2. The van der Waals surface area contributed by atoms with Crippen LogP contribution in [0.5, 0.6) is 16.7 Å². The number of benzene rings is 1. The predicted molar refractivity (Wildman–Crippen MR) is 93.0 cm³/mol. The van der Waals surface area contributed by atoms with Crippen LogP contribution in [0.3, 0.4) is 0 Å². The van der Waals surface area contributed by atoms with Crippen molar-refractivity contribution in [1.29, 1.82) is 0 Å². The lowest BCUT2D eigenvalue weighted by Gasteiger charge is -2.06. The highest BCUT2D eigenvalue weighted by Crippen LogP contribution is 2.36. The van der Waals surface area contributed by atoms with Crippen LogP contribution in [0.15, 0.2) is 35.0 Å². The second kappa shape index (κ2) is 7.12. The molecule has 3 rings (SSSR count). The molecule has 0 aliphatic carbocycles. The molecule has 0 radical (unpaired) electrons. The van der Waals surface area contributed by atoms with Crippen molar-refractivity contribution < 1.29 is 19.2 Å². The van der Waals surface area contributed by atoms with Gasteiger partial charge in [-0.15, -0.1) is 0 Å². The fourth-order valence-electron chi connectivity index (χ4n) is 2.08. The Hall–Kier alpha value is -2.58. The summed E-state index contributed by atoms with van der Waals surface area (Å²) in [7, 11) is 0. The average Bonchev–Trinajstić information content (AvgIpc) is 3.18. The molecule has 2 N–H and O–H groups in total. The van der Waals surface area contributed by atoms with Gasteiger partial charge in [-0.3, -0.25) is 4.79 Å². The maximum absolute atomic E-state index is 11.1. The smallest absolute Gasteiger partial charge is 0.279 e. The van der Waals surface area contributed by atoms with E-state index < -0.39 is 0 Å². The summed E-state index contributed by atoms with van der Waals surface area (Å²) >= 11 is 7.28. The summed E-state index contributed by atoms with van der Waals surface area (Å²) in [5.74, 6) is 0.841. The Bertz CT molecular complexity index is 908. The molecule has 0 aliphatic heterocycles. The Morgan fingerprint density at radius 2 is 2.24 bits per heavy atom. The first kappa shape index (κ1) is 17.2. The van der Waals surface area contributed by atoms with Crippen molar-refractivity contribution in [2.24, 2.45) is 0 Å². The van der Waals surface area contributed by atoms with Gasteiger partial charge >= 0.3 is 0 Å². The van der Waals surface area contributed by atoms with Crippen molar-refractivity contribution in [3.63, 3.8) is 0 Å². The van der Waals surface area contributed by atoms with Crippen LogP contribution in [0.2, 0.25) is 5.02 Å². The van der Waals surface area contributed by atoms with E-state index in [0.29, 0.717) is 22.4 Å². The van der Waals surface area contributed by atoms with Crippen LogP contribution in [0.25, 0.3) is 10.6 Å². The summed E-state index contributed by atoms with van der Waals surface area (Å²) in [5, 5.41) is 16.7. The molecule has 0 bridgehead atoms. The zero-order valence-corrected chi connectivity index (χ0v) is 14.9. The van der Waals surface area contributed by atoms with Gasteiger partial charge in [0.2, 0.25) is 5.91 Å². The van der Waals surface area contributed by atoms with Crippen LogP contribution < -0.4 is 10.1 Å². The van der Waals surface area contributed by atoms with Gasteiger partial charge in [0.1, 0.15) is 17.2 Å². The van der Waals surface area contributed by atoms with Crippen molar-refractivity contribution in [3.8, 4) is 27.3 Å². The van der Waals surface area contributed by atoms with E-state index in [9.17, 15) is 9.90 Å². The van der Waals surface area contributed by atoms with Crippen molar-refractivity contribution in [1.82, 2.24) is 15.5 Å². The summed E-state index contributed by atoms with van der Waals surface area (Å²) in [6.45, 7) is 3.24. The summed E-state index contributed by atoms with van der Waals surface area (Å²) in [6, 6.07) is 5.88. The number of amides is 1. The molecule has 1 unspecified atom stereocenters.